The summed E-state index contributed by atoms with van der Waals surface area (Å²) in [7, 11) is 1.99. The molecular formula is C24H22ClFN4O. The van der Waals surface area contributed by atoms with Crippen LogP contribution in [0.3, 0.4) is 0 Å². The lowest BCUT2D eigenvalue weighted by atomic mass is 9.90. The largest absolute Gasteiger partial charge is 0.381 e. The van der Waals surface area contributed by atoms with Crippen molar-refractivity contribution in [3.8, 4) is 17.2 Å². The number of hydrogen-bond acceptors (Lipinski definition) is 5. The summed E-state index contributed by atoms with van der Waals surface area (Å²) in [4.78, 5) is 15.4. The van der Waals surface area contributed by atoms with Crippen molar-refractivity contribution in [1.82, 2.24) is 10.3 Å². The van der Waals surface area contributed by atoms with E-state index in [4.69, 9.17) is 11.6 Å². The first-order valence-electron chi connectivity index (χ1n) is 10.2. The number of nitrogens with one attached hydrogen (secondary N) is 2. The third-order valence-electron chi connectivity index (χ3n) is 6.00. The molecule has 4 rings (SSSR count). The molecule has 31 heavy (non-hydrogen) atoms. The Morgan fingerprint density at radius 2 is 1.90 bits per heavy atom. The van der Waals surface area contributed by atoms with Gasteiger partial charge in [-0.1, -0.05) is 17.7 Å². The van der Waals surface area contributed by atoms with Crippen molar-refractivity contribution < 1.29 is 9.18 Å². The maximum Gasteiger partial charge on any atom is 0.154 e. The number of hydrogen-bond donors (Lipinski definition) is 2. The fourth-order valence-electron chi connectivity index (χ4n) is 4.21. The minimum atomic E-state index is -0.666. The number of carbonyl (C=O) groups is 1. The summed E-state index contributed by atoms with van der Waals surface area (Å²) in [5.74, 6) is -0.666. The van der Waals surface area contributed by atoms with Crippen molar-refractivity contribution in [3.05, 3.63) is 58.5 Å². The number of pyridine rings is 1. The topological polar surface area (TPSA) is 77.8 Å². The molecule has 0 unspecified atom stereocenters. The zero-order chi connectivity index (χ0) is 22.0. The third-order valence-corrected chi connectivity index (χ3v) is 6.32. The Morgan fingerprint density at radius 1 is 1.16 bits per heavy atom. The molecule has 0 amide bonds. The minimum absolute atomic E-state index is 0.0636. The van der Waals surface area contributed by atoms with Crippen LogP contribution in [-0.4, -0.2) is 30.4 Å². The quantitative estimate of drug-likeness (QED) is 0.529. The van der Waals surface area contributed by atoms with Gasteiger partial charge in [-0.25, -0.2) is 4.39 Å². The van der Waals surface area contributed by atoms with E-state index in [9.17, 15) is 14.4 Å². The molecular weight excluding hydrogens is 415 g/mol. The van der Waals surface area contributed by atoms with Crippen molar-refractivity contribution in [2.75, 3.05) is 12.4 Å². The van der Waals surface area contributed by atoms with Crippen LogP contribution < -0.4 is 10.6 Å². The van der Waals surface area contributed by atoms with Gasteiger partial charge in [0.15, 0.2) is 6.29 Å². The van der Waals surface area contributed by atoms with Gasteiger partial charge in [0.05, 0.1) is 27.4 Å². The molecule has 1 saturated carbocycles. The lowest BCUT2D eigenvalue weighted by Gasteiger charge is -2.30. The molecule has 3 aromatic rings. The number of aromatic nitrogens is 1. The Bertz CT molecular complexity index is 1160. The van der Waals surface area contributed by atoms with Gasteiger partial charge in [0.1, 0.15) is 11.9 Å². The van der Waals surface area contributed by atoms with Crippen LogP contribution in [0, 0.1) is 17.1 Å². The number of aldehydes is 1. The van der Waals surface area contributed by atoms with Crippen LogP contribution >= 0.6 is 11.6 Å². The zero-order valence-electron chi connectivity index (χ0n) is 17.1. The molecule has 0 bridgehead atoms. The van der Waals surface area contributed by atoms with Gasteiger partial charge < -0.3 is 10.6 Å². The second kappa shape index (κ2) is 9.01. The first-order chi connectivity index (χ1) is 15.0. The summed E-state index contributed by atoms with van der Waals surface area (Å²) in [6.45, 7) is 0. The number of rotatable bonds is 5. The lowest BCUT2D eigenvalue weighted by molar-refractivity contribution is 0.112. The molecule has 0 atom stereocenters. The normalized spacial score (nSPS) is 18.5. The summed E-state index contributed by atoms with van der Waals surface area (Å²) in [6, 6.07) is 11.5. The second-order valence-electron chi connectivity index (χ2n) is 7.84. The van der Waals surface area contributed by atoms with E-state index in [2.05, 4.69) is 21.7 Å². The highest BCUT2D eigenvalue weighted by Gasteiger charge is 2.22. The molecule has 1 heterocycles. The number of nitrogens with zero attached hydrogens (tertiary/aromatic N) is 2. The van der Waals surface area contributed by atoms with Crippen molar-refractivity contribution in [2.45, 2.75) is 37.8 Å². The van der Waals surface area contributed by atoms with Gasteiger partial charge in [0, 0.05) is 23.7 Å². The van der Waals surface area contributed by atoms with Crippen molar-refractivity contribution in [3.63, 3.8) is 0 Å². The first-order valence-corrected chi connectivity index (χ1v) is 10.6. The predicted octanol–water partition coefficient (Wildman–Crippen LogP) is 5.32. The van der Waals surface area contributed by atoms with Crippen LogP contribution in [0.2, 0.25) is 5.02 Å². The van der Waals surface area contributed by atoms with E-state index < -0.39 is 5.82 Å². The Morgan fingerprint density at radius 3 is 2.55 bits per heavy atom. The highest BCUT2D eigenvalue weighted by molar-refractivity contribution is 6.33. The molecule has 158 valence electrons. The average molecular weight is 437 g/mol. The van der Waals surface area contributed by atoms with E-state index in [1.54, 1.807) is 12.3 Å². The van der Waals surface area contributed by atoms with E-state index >= 15 is 0 Å². The number of fused-ring (bicyclic) bond motifs is 1. The predicted molar refractivity (Wildman–Crippen MR) is 121 cm³/mol. The van der Waals surface area contributed by atoms with E-state index in [0.717, 1.165) is 47.8 Å². The van der Waals surface area contributed by atoms with Crippen LogP contribution in [0.4, 0.5) is 10.1 Å². The van der Waals surface area contributed by atoms with Gasteiger partial charge >= 0.3 is 0 Å². The molecule has 0 aliphatic heterocycles. The molecule has 5 nitrogen and oxygen atoms in total. The zero-order valence-corrected chi connectivity index (χ0v) is 17.8. The van der Waals surface area contributed by atoms with Crippen molar-refractivity contribution in [2.24, 2.45) is 0 Å². The number of anilines is 1. The van der Waals surface area contributed by atoms with Crippen LogP contribution in [-0.2, 0) is 0 Å². The fraction of sp³-hybridized carbons (Fsp3) is 0.292. The fourth-order valence-corrected chi connectivity index (χ4v) is 4.46. The maximum atomic E-state index is 14.3. The molecule has 2 N–H and O–H groups in total. The van der Waals surface area contributed by atoms with Crippen LogP contribution in [0.25, 0.3) is 22.0 Å². The van der Waals surface area contributed by atoms with E-state index in [1.165, 1.54) is 6.07 Å². The Kier molecular flexibility index (Phi) is 6.17. The summed E-state index contributed by atoms with van der Waals surface area (Å²) < 4.78 is 14.3. The Labute approximate surface area is 185 Å². The molecule has 0 spiro atoms. The third kappa shape index (κ3) is 4.25. The summed E-state index contributed by atoms with van der Waals surface area (Å²) >= 11 is 6.09. The van der Waals surface area contributed by atoms with E-state index in [0.29, 0.717) is 23.5 Å². The molecule has 1 aliphatic rings. The Hall–Kier alpha value is -3.01. The first kappa shape index (κ1) is 21.2. The monoisotopic (exact) mass is 436 g/mol. The number of halogens is 2. The minimum Gasteiger partial charge on any atom is -0.381 e. The average Bonchev–Trinajstić information content (AvgIpc) is 2.79. The molecule has 1 fully saturated rings. The van der Waals surface area contributed by atoms with Crippen LogP contribution in [0.15, 0.2) is 36.5 Å². The summed E-state index contributed by atoms with van der Waals surface area (Å²) in [5.41, 5.74) is 3.09. The molecule has 1 aromatic heterocycles. The summed E-state index contributed by atoms with van der Waals surface area (Å²) in [6.07, 6.45) is 6.16. The molecule has 1 aliphatic carbocycles. The highest BCUT2D eigenvalue weighted by atomic mass is 35.5. The standard InChI is InChI=1S/C24H22ClFN4O/c1-28-17-3-5-18(6-4-17)30-24-16(11-27)12-29-23-7-2-14(8-19(23)24)15-9-21(25)20(13-31)22(26)10-15/h2,7-10,12-13,17-18,28H,3-6H2,1H3,(H,29,30). The van der Waals surface area contributed by atoms with Crippen molar-refractivity contribution >= 4 is 34.5 Å². The highest BCUT2D eigenvalue weighted by Crippen LogP contribution is 2.34. The molecule has 7 heteroatoms. The van der Waals surface area contributed by atoms with Crippen LogP contribution in [0.5, 0.6) is 0 Å². The van der Waals surface area contributed by atoms with Gasteiger partial charge in [0.25, 0.3) is 0 Å². The maximum absolute atomic E-state index is 14.3. The molecule has 0 radical (unpaired) electrons. The van der Waals surface area contributed by atoms with E-state index in [-0.39, 0.29) is 16.6 Å². The van der Waals surface area contributed by atoms with Gasteiger partial charge in [-0.05, 0) is 68.1 Å². The van der Waals surface area contributed by atoms with E-state index in [1.807, 2.05) is 25.2 Å². The van der Waals surface area contributed by atoms with Gasteiger partial charge in [-0.2, -0.15) is 5.26 Å². The Balaban J connectivity index is 1.76. The number of benzene rings is 2. The van der Waals surface area contributed by atoms with Gasteiger partial charge in [0.2, 0.25) is 0 Å². The van der Waals surface area contributed by atoms with Crippen LogP contribution in [0.1, 0.15) is 41.6 Å². The second-order valence-corrected chi connectivity index (χ2v) is 8.25. The molecule has 0 saturated heterocycles. The summed E-state index contributed by atoms with van der Waals surface area (Å²) in [5, 5.41) is 17.4. The van der Waals surface area contributed by atoms with Crippen molar-refractivity contribution in [1.29, 1.82) is 5.26 Å². The number of nitriles is 1. The molecule has 2 aromatic carbocycles. The van der Waals surface area contributed by atoms with Gasteiger partial charge in [-0.3, -0.25) is 9.78 Å². The smallest absolute Gasteiger partial charge is 0.154 e. The van der Waals surface area contributed by atoms with Gasteiger partial charge in [-0.15, -0.1) is 0 Å². The SMILES string of the molecule is CNC1CCC(Nc2c(C#N)cnc3ccc(-c4cc(F)c(C=O)c(Cl)c4)cc23)CC1. The lowest BCUT2D eigenvalue weighted by Crippen LogP contribution is -2.35. The number of carbonyl (C=O) groups excluding carboxylic acids is 1.